The van der Waals surface area contributed by atoms with E-state index in [4.69, 9.17) is 44.0 Å². The lowest BCUT2D eigenvalue weighted by molar-refractivity contribution is -0.0212. The van der Waals surface area contributed by atoms with Crippen molar-refractivity contribution in [2.75, 3.05) is 123 Å². The van der Waals surface area contributed by atoms with Crippen LogP contribution in [0, 0.1) is 0 Å². The second kappa shape index (κ2) is 22.3. The maximum atomic E-state index is 8.55. The average Bonchev–Trinajstić information content (AvgIpc) is 2.82. The van der Waals surface area contributed by atoms with Gasteiger partial charge in [0.05, 0.1) is 99.1 Å². The summed E-state index contributed by atoms with van der Waals surface area (Å²) >= 11 is 0. The lowest BCUT2D eigenvalue weighted by Crippen LogP contribution is -2.23. The summed E-state index contributed by atoms with van der Waals surface area (Å²) in [4.78, 5) is 2.12. The first kappa shape index (κ1) is 29.5. The van der Waals surface area contributed by atoms with Gasteiger partial charge in [0.1, 0.15) is 0 Å². The van der Waals surface area contributed by atoms with Crippen molar-refractivity contribution in [2.24, 2.45) is 0 Å². The molecule has 33 heavy (non-hydrogen) atoms. The Hall–Kier alpha value is -1.50. The molecule has 0 aromatic heterocycles. The second-order valence-corrected chi connectivity index (χ2v) is 7.02. The highest BCUT2D eigenvalue weighted by atomic mass is 16.6. The van der Waals surface area contributed by atoms with Crippen LogP contribution in [0.25, 0.3) is 0 Å². The molecule has 0 fully saturated rings. The SMILES string of the molecule is CN(CCOCCOCCOCCOCCOCCOCCOCCO)c1ccc(N)cc1. The Kier molecular flexibility index (Phi) is 20.0. The molecule has 0 aliphatic rings. The molecular weight excluding hydrogens is 432 g/mol. The molecule has 0 atom stereocenters. The molecule has 1 rings (SSSR count). The van der Waals surface area contributed by atoms with Crippen molar-refractivity contribution in [1.82, 2.24) is 0 Å². The zero-order chi connectivity index (χ0) is 23.8. The molecular formula is C23H42N2O8. The highest BCUT2D eigenvalue weighted by Gasteiger charge is 2.00. The van der Waals surface area contributed by atoms with Gasteiger partial charge in [-0.25, -0.2) is 0 Å². The van der Waals surface area contributed by atoms with E-state index in [1.54, 1.807) is 0 Å². The number of rotatable bonds is 24. The lowest BCUT2D eigenvalue weighted by atomic mass is 10.2. The van der Waals surface area contributed by atoms with E-state index in [1.165, 1.54) is 0 Å². The number of nitrogens with two attached hydrogens (primary N) is 1. The lowest BCUT2D eigenvalue weighted by Gasteiger charge is -2.19. The molecule has 0 unspecified atom stereocenters. The minimum atomic E-state index is 0.0311. The van der Waals surface area contributed by atoms with Gasteiger partial charge < -0.3 is 48.9 Å². The third-order valence-electron chi connectivity index (χ3n) is 4.37. The highest BCUT2D eigenvalue weighted by molar-refractivity contribution is 5.52. The standard InChI is InChI=1S/C23H42N2O8/c1-25(23-4-2-22(24)3-5-23)6-8-27-10-12-29-14-16-31-18-20-33-21-19-32-17-15-30-13-11-28-9-7-26/h2-5,26H,6-21,24H2,1H3. The van der Waals surface area contributed by atoms with Crippen molar-refractivity contribution in [2.45, 2.75) is 0 Å². The Morgan fingerprint density at radius 1 is 0.576 bits per heavy atom. The van der Waals surface area contributed by atoms with Gasteiger partial charge in [0.2, 0.25) is 0 Å². The van der Waals surface area contributed by atoms with Crippen LogP contribution in [0.5, 0.6) is 0 Å². The summed E-state index contributed by atoms with van der Waals surface area (Å²) in [7, 11) is 2.02. The van der Waals surface area contributed by atoms with Gasteiger partial charge in [-0.1, -0.05) is 0 Å². The summed E-state index contributed by atoms with van der Waals surface area (Å²) in [5.74, 6) is 0. The first-order chi connectivity index (χ1) is 16.2. The summed E-state index contributed by atoms with van der Waals surface area (Å²) in [6, 6.07) is 7.78. The Bertz CT molecular complexity index is 536. The topological polar surface area (TPSA) is 114 Å². The number of anilines is 2. The smallest absolute Gasteiger partial charge is 0.0701 e. The van der Waals surface area contributed by atoms with Gasteiger partial charge in [-0.15, -0.1) is 0 Å². The normalized spacial score (nSPS) is 11.2. The fourth-order valence-electron chi connectivity index (χ4n) is 2.55. The molecule has 192 valence electrons. The third kappa shape index (κ3) is 18.6. The summed E-state index contributed by atoms with van der Waals surface area (Å²) in [5, 5.41) is 8.55. The number of nitrogen functional groups attached to an aromatic ring is 1. The average molecular weight is 475 g/mol. The zero-order valence-corrected chi connectivity index (χ0v) is 20.0. The zero-order valence-electron chi connectivity index (χ0n) is 20.0. The number of aliphatic hydroxyl groups excluding tert-OH is 1. The molecule has 10 nitrogen and oxygen atoms in total. The maximum Gasteiger partial charge on any atom is 0.0701 e. The van der Waals surface area contributed by atoms with Crippen molar-refractivity contribution in [3.63, 3.8) is 0 Å². The van der Waals surface area contributed by atoms with Crippen LogP contribution >= 0.6 is 0 Å². The highest BCUT2D eigenvalue weighted by Crippen LogP contribution is 2.14. The van der Waals surface area contributed by atoms with Gasteiger partial charge in [-0.2, -0.15) is 0 Å². The van der Waals surface area contributed by atoms with Crippen LogP contribution in [0.1, 0.15) is 0 Å². The number of hydrogen-bond acceptors (Lipinski definition) is 10. The van der Waals surface area contributed by atoms with Crippen LogP contribution < -0.4 is 10.6 Å². The molecule has 3 N–H and O–H groups in total. The van der Waals surface area contributed by atoms with Gasteiger partial charge in [-0.05, 0) is 24.3 Å². The molecule has 0 saturated carbocycles. The van der Waals surface area contributed by atoms with Crippen molar-refractivity contribution in [3.05, 3.63) is 24.3 Å². The number of likely N-dealkylation sites (N-methyl/N-ethyl adjacent to an activating group) is 1. The van der Waals surface area contributed by atoms with E-state index in [0.29, 0.717) is 92.5 Å². The number of hydrogen-bond donors (Lipinski definition) is 2. The van der Waals surface area contributed by atoms with Gasteiger partial charge >= 0.3 is 0 Å². The van der Waals surface area contributed by atoms with E-state index in [9.17, 15) is 0 Å². The fraction of sp³-hybridized carbons (Fsp3) is 0.739. The predicted octanol–water partition coefficient (Wildman–Crippen LogP) is 0.814. The summed E-state index contributed by atoms with van der Waals surface area (Å²) in [5.41, 5.74) is 7.57. The predicted molar refractivity (Wildman–Crippen MR) is 127 cm³/mol. The van der Waals surface area contributed by atoms with Crippen molar-refractivity contribution in [3.8, 4) is 0 Å². The Morgan fingerprint density at radius 2 is 0.909 bits per heavy atom. The van der Waals surface area contributed by atoms with E-state index in [1.807, 2.05) is 31.3 Å². The van der Waals surface area contributed by atoms with E-state index in [2.05, 4.69) is 4.90 Å². The second-order valence-electron chi connectivity index (χ2n) is 7.02. The number of ether oxygens (including phenoxy) is 7. The molecule has 0 saturated heterocycles. The van der Waals surface area contributed by atoms with Crippen LogP contribution in [0.3, 0.4) is 0 Å². The van der Waals surface area contributed by atoms with Gasteiger partial charge in [-0.3, -0.25) is 0 Å². The molecule has 1 aromatic carbocycles. The van der Waals surface area contributed by atoms with Gasteiger partial charge in [0.15, 0.2) is 0 Å². The van der Waals surface area contributed by atoms with Crippen molar-refractivity contribution in [1.29, 1.82) is 0 Å². The molecule has 0 spiro atoms. The van der Waals surface area contributed by atoms with Crippen LogP contribution in [-0.4, -0.2) is 118 Å². The Morgan fingerprint density at radius 3 is 1.27 bits per heavy atom. The van der Waals surface area contributed by atoms with E-state index < -0.39 is 0 Å². The Labute approximate surface area is 197 Å². The number of benzene rings is 1. The van der Waals surface area contributed by atoms with Crippen LogP contribution in [0.15, 0.2) is 24.3 Å². The summed E-state index contributed by atoms with van der Waals surface area (Å²) < 4.78 is 37.7. The number of nitrogens with zero attached hydrogens (tertiary/aromatic N) is 1. The number of aliphatic hydroxyl groups is 1. The van der Waals surface area contributed by atoms with Crippen LogP contribution in [-0.2, 0) is 33.2 Å². The van der Waals surface area contributed by atoms with Crippen molar-refractivity contribution >= 4 is 11.4 Å². The summed E-state index contributed by atoms with van der Waals surface area (Å²) in [6.45, 7) is 8.04. The van der Waals surface area contributed by atoms with E-state index >= 15 is 0 Å². The van der Waals surface area contributed by atoms with E-state index in [0.717, 1.165) is 17.9 Å². The largest absolute Gasteiger partial charge is 0.399 e. The Balaban J connectivity index is 1.72. The van der Waals surface area contributed by atoms with Gasteiger partial charge in [0.25, 0.3) is 0 Å². The molecule has 0 aliphatic heterocycles. The molecule has 0 heterocycles. The minimum Gasteiger partial charge on any atom is -0.399 e. The molecule has 1 aromatic rings. The van der Waals surface area contributed by atoms with Crippen LogP contribution in [0.4, 0.5) is 11.4 Å². The molecule has 0 bridgehead atoms. The van der Waals surface area contributed by atoms with Gasteiger partial charge in [0, 0.05) is 25.0 Å². The summed E-state index contributed by atoms with van der Waals surface area (Å²) in [6.07, 6.45) is 0. The van der Waals surface area contributed by atoms with Crippen LogP contribution in [0.2, 0.25) is 0 Å². The molecule has 0 amide bonds. The fourth-order valence-corrected chi connectivity index (χ4v) is 2.55. The first-order valence-electron chi connectivity index (χ1n) is 11.5. The monoisotopic (exact) mass is 474 g/mol. The molecule has 0 aliphatic carbocycles. The molecule has 0 radical (unpaired) electrons. The van der Waals surface area contributed by atoms with E-state index in [-0.39, 0.29) is 6.61 Å². The third-order valence-corrected chi connectivity index (χ3v) is 4.37. The quantitative estimate of drug-likeness (QED) is 0.165. The maximum absolute atomic E-state index is 8.55. The minimum absolute atomic E-state index is 0.0311. The first-order valence-corrected chi connectivity index (χ1v) is 11.5. The molecule has 10 heteroatoms. The van der Waals surface area contributed by atoms with Crippen molar-refractivity contribution < 1.29 is 38.3 Å².